The second-order valence-electron chi connectivity index (χ2n) is 6.56. The van der Waals surface area contributed by atoms with Gasteiger partial charge < -0.3 is 5.11 Å². The van der Waals surface area contributed by atoms with Gasteiger partial charge in [-0.2, -0.15) is 0 Å². The summed E-state index contributed by atoms with van der Waals surface area (Å²) in [5.41, 5.74) is 3.84. The first-order chi connectivity index (χ1) is 8.46. The maximum absolute atomic E-state index is 10.2. The van der Waals surface area contributed by atoms with E-state index in [0.29, 0.717) is 5.75 Å². The average molecular weight is 244 g/mol. The van der Waals surface area contributed by atoms with Gasteiger partial charge in [0.05, 0.1) is 0 Å². The fourth-order valence-electron chi connectivity index (χ4n) is 2.65. The van der Waals surface area contributed by atoms with Crippen LogP contribution in [-0.2, 0) is 6.42 Å². The van der Waals surface area contributed by atoms with E-state index in [9.17, 15) is 5.11 Å². The minimum Gasteiger partial charge on any atom is -0.507 e. The van der Waals surface area contributed by atoms with Crippen molar-refractivity contribution in [2.45, 2.75) is 52.9 Å². The van der Waals surface area contributed by atoms with Crippen molar-refractivity contribution in [3.63, 3.8) is 0 Å². The number of hydrogen-bond donors (Lipinski definition) is 1. The van der Waals surface area contributed by atoms with Crippen LogP contribution in [0.4, 0.5) is 0 Å². The fraction of sp³-hybridized carbons (Fsp3) is 0.529. The lowest BCUT2D eigenvalue weighted by molar-refractivity contribution is 0.409. The molecule has 1 aliphatic rings. The highest BCUT2D eigenvalue weighted by atomic mass is 16.3. The van der Waals surface area contributed by atoms with Gasteiger partial charge in [-0.05, 0) is 54.7 Å². The zero-order chi connectivity index (χ0) is 13.2. The van der Waals surface area contributed by atoms with Gasteiger partial charge in [-0.25, -0.2) is 0 Å². The van der Waals surface area contributed by atoms with Gasteiger partial charge in [-0.1, -0.05) is 39.0 Å². The molecule has 0 aliphatic heterocycles. The molecule has 0 unspecified atom stereocenters. The molecule has 0 bridgehead atoms. The van der Waals surface area contributed by atoms with Crippen molar-refractivity contribution < 1.29 is 5.11 Å². The normalized spacial score (nSPS) is 16.5. The highest BCUT2D eigenvalue weighted by Gasteiger charge is 2.14. The summed E-state index contributed by atoms with van der Waals surface area (Å²) >= 11 is 0. The van der Waals surface area contributed by atoms with Gasteiger partial charge in [0.15, 0.2) is 0 Å². The van der Waals surface area contributed by atoms with Crippen LogP contribution in [0.1, 0.15) is 57.6 Å². The summed E-state index contributed by atoms with van der Waals surface area (Å²) in [6.07, 6.45) is 8.06. The Kier molecular flexibility index (Phi) is 3.79. The van der Waals surface area contributed by atoms with E-state index in [0.717, 1.165) is 24.8 Å². The van der Waals surface area contributed by atoms with Crippen molar-refractivity contribution in [2.75, 3.05) is 0 Å². The van der Waals surface area contributed by atoms with Gasteiger partial charge >= 0.3 is 0 Å². The molecule has 0 amide bonds. The molecule has 1 aromatic carbocycles. The van der Waals surface area contributed by atoms with Crippen LogP contribution in [0.15, 0.2) is 24.3 Å². The lowest BCUT2D eigenvalue weighted by atomic mass is 9.86. The Morgan fingerprint density at radius 2 is 1.94 bits per heavy atom. The van der Waals surface area contributed by atoms with E-state index in [-0.39, 0.29) is 5.41 Å². The molecule has 0 aromatic heterocycles. The second kappa shape index (κ2) is 5.17. The van der Waals surface area contributed by atoms with E-state index < -0.39 is 0 Å². The van der Waals surface area contributed by atoms with Crippen LogP contribution < -0.4 is 0 Å². The third-order valence-electron chi connectivity index (χ3n) is 3.43. The smallest absolute Gasteiger partial charge is 0.123 e. The number of benzene rings is 1. The van der Waals surface area contributed by atoms with Gasteiger partial charge in [0.1, 0.15) is 5.75 Å². The fourth-order valence-corrected chi connectivity index (χ4v) is 2.65. The minimum absolute atomic E-state index is 0.262. The van der Waals surface area contributed by atoms with Crippen LogP contribution >= 0.6 is 0 Å². The van der Waals surface area contributed by atoms with Crippen LogP contribution in [0.3, 0.4) is 0 Å². The van der Waals surface area contributed by atoms with Crippen LogP contribution in [0, 0.1) is 5.41 Å². The van der Waals surface area contributed by atoms with Crippen molar-refractivity contribution in [2.24, 2.45) is 5.41 Å². The third-order valence-corrected chi connectivity index (χ3v) is 3.43. The summed E-state index contributed by atoms with van der Waals surface area (Å²) in [6.45, 7) is 6.67. The molecule has 0 fully saturated rings. The Balaban J connectivity index is 2.22. The lowest BCUT2D eigenvalue weighted by Gasteiger charge is -2.19. The maximum atomic E-state index is 10.2. The summed E-state index contributed by atoms with van der Waals surface area (Å²) < 4.78 is 0. The summed E-state index contributed by atoms with van der Waals surface area (Å²) in [7, 11) is 0. The van der Waals surface area contributed by atoms with Crippen molar-refractivity contribution in [1.82, 2.24) is 0 Å². The van der Waals surface area contributed by atoms with Gasteiger partial charge in [-0.3, -0.25) is 0 Å². The number of hydrogen-bond acceptors (Lipinski definition) is 1. The van der Waals surface area contributed by atoms with Crippen molar-refractivity contribution in [3.8, 4) is 5.75 Å². The summed E-state index contributed by atoms with van der Waals surface area (Å²) in [6, 6.07) is 6.19. The molecule has 1 N–H and O–H groups in total. The standard InChI is InChI=1S/C17H24O/c1-17(2,3)12-13-9-10-15(16(18)11-13)14-7-5-4-6-8-14/h7,9-11,18H,4-6,8,12H2,1-3H3. The van der Waals surface area contributed by atoms with Gasteiger partial charge in [0, 0.05) is 5.56 Å². The van der Waals surface area contributed by atoms with E-state index in [4.69, 9.17) is 0 Å². The summed E-state index contributed by atoms with van der Waals surface area (Å²) in [5.74, 6) is 0.449. The van der Waals surface area contributed by atoms with E-state index in [1.54, 1.807) is 0 Å². The number of phenols is 1. The number of phenolic OH excluding ortho intramolecular Hbond substituents is 1. The largest absolute Gasteiger partial charge is 0.507 e. The molecule has 0 saturated carbocycles. The number of rotatable bonds is 2. The zero-order valence-electron chi connectivity index (χ0n) is 11.8. The van der Waals surface area contributed by atoms with Crippen LogP contribution in [0.25, 0.3) is 5.57 Å². The van der Waals surface area contributed by atoms with Crippen molar-refractivity contribution >= 4 is 5.57 Å². The first kappa shape index (κ1) is 13.2. The Morgan fingerprint density at radius 1 is 1.17 bits per heavy atom. The quantitative estimate of drug-likeness (QED) is 0.781. The molecule has 1 aliphatic carbocycles. The lowest BCUT2D eigenvalue weighted by Crippen LogP contribution is -2.09. The van der Waals surface area contributed by atoms with Gasteiger partial charge in [-0.15, -0.1) is 0 Å². The molecule has 2 rings (SSSR count). The molecule has 0 spiro atoms. The van der Waals surface area contributed by atoms with E-state index in [1.807, 2.05) is 6.07 Å². The third kappa shape index (κ3) is 3.38. The minimum atomic E-state index is 0.262. The molecule has 1 heteroatoms. The maximum Gasteiger partial charge on any atom is 0.123 e. The molecule has 98 valence electrons. The molecule has 0 saturated heterocycles. The predicted molar refractivity (Wildman–Crippen MR) is 77.7 cm³/mol. The van der Waals surface area contributed by atoms with Crippen LogP contribution in [0.5, 0.6) is 5.75 Å². The monoisotopic (exact) mass is 244 g/mol. The first-order valence-electron chi connectivity index (χ1n) is 6.97. The summed E-state index contributed by atoms with van der Waals surface area (Å²) in [5, 5.41) is 10.2. The zero-order valence-corrected chi connectivity index (χ0v) is 11.8. The van der Waals surface area contributed by atoms with E-state index in [2.05, 4.69) is 39.0 Å². The predicted octanol–water partition coefficient (Wildman–Crippen LogP) is 4.94. The van der Waals surface area contributed by atoms with Gasteiger partial charge in [0.25, 0.3) is 0 Å². The van der Waals surface area contributed by atoms with Crippen LogP contribution in [0.2, 0.25) is 0 Å². The van der Waals surface area contributed by atoms with E-state index in [1.165, 1.54) is 24.0 Å². The molecule has 0 heterocycles. The van der Waals surface area contributed by atoms with Crippen LogP contribution in [-0.4, -0.2) is 5.11 Å². The first-order valence-corrected chi connectivity index (χ1v) is 6.97. The molecule has 18 heavy (non-hydrogen) atoms. The molecule has 1 aromatic rings. The van der Waals surface area contributed by atoms with Gasteiger partial charge in [0.2, 0.25) is 0 Å². The van der Waals surface area contributed by atoms with E-state index >= 15 is 0 Å². The highest BCUT2D eigenvalue weighted by Crippen LogP contribution is 2.34. The highest BCUT2D eigenvalue weighted by molar-refractivity contribution is 5.71. The molecule has 0 radical (unpaired) electrons. The number of aromatic hydroxyl groups is 1. The Hall–Kier alpha value is -1.24. The SMILES string of the molecule is CC(C)(C)Cc1ccc(C2=CCCCC2)c(O)c1. The second-order valence-corrected chi connectivity index (χ2v) is 6.56. The Labute approximate surface area is 111 Å². The topological polar surface area (TPSA) is 20.2 Å². The van der Waals surface area contributed by atoms with Crippen molar-refractivity contribution in [3.05, 3.63) is 35.4 Å². The Bertz CT molecular complexity index is 449. The molecular formula is C17H24O. The summed E-state index contributed by atoms with van der Waals surface area (Å²) in [4.78, 5) is 0. The Morgan fingerprint density at radius 3 is 2.50 bits per heavy atom. The molecule has 1 nitrogen and oxygen atoms in total. The average Bonchev–Trinajstić information content (AvgIpc) is 2.28. The molecular weight excluding hydrogens is 220 g/mol. The number of allylic oxidation sites excluding steroid dienone is 2. The van der Waals surface area contributed by atoms with Crippen molar-refractivity contribution in [1.29, 1.82) is 0 Å². The molecule has 0 atom stereocenters.